The third-order valence-electron chi connectivity index (χ3n) is 2.84. The van der Waals surface area contributed by atoms with Gasteiger partial charge in [0.2, 0.25) is 10.0 Å². The molecule has 0 aliphatic carbocycles. The molecule has 0 fully saturated rings. The molecule has 1 atom stereocenters. The lowest BCUT2D eigenvalue weighted by Gasteiger charge is -2.27. The van der Waals surface area contributed by atoms with Gasteiger partial charge in [-0.3, -0.25) is 0 Å². The molecule has 0 N–H and O–H groups in total. The molecular weight excluding hydrogens is 386 g/mol. The summed E-state index contributed by atoms with van der Waals surface area (Å²) in [4.78, 5) is 0.0530. The van der Waals surface area contributed by atoms with E-state index in [2.05, 4.69) is 15.9 Å². The van der Waals surface area contributed by atoms with Crippen LogP contribution in [0.15, 0.2) is 20.0 Å². The predicted octanol–water partition coefficient (Wildman–Crippen LogP) is 2.45. The number of methoxy groups -OCH3 is 2. The highest BCUT2D eigenvalue weighted by Crippen LogP contribution is 2.30. The standard InChI is InChI=1S/C12H19BrClNO5S/c1-9(8-19-3)15(4-5-18-2)21(16,17)11-6-10(7-14)20-12(11)13/h6,9H,4-5,7-8H2,1-3H3. The summed E-state index contributed by atoms with van der Waals surface area (Å²) in [6.07, 6.45) is 0. The largest absolute Gasteiger partial charge is 0.452 e. The minimum absolute atomic E-state index is 0.0530. The third kappa shape index (κ3) is 4.67. The minimum atomic E-state index is -3.74. The summed E-state index contributed by atoms with van der Waals surface area (Å²) in [6.45, 7) is 2.55. The summed E-state index contributed by atoms with van der Waals surface area (Å²) >= 11 is 8.80. The second kappa shape index (κ2) is 8.50. The van der Waals surface area contributed by atoms with E-state index >= 15 is 0 Å². The Morgan fingerprint density at radius 2 is 2.10 bits per heavy atom. The number of sulfonamides is 1. The number of halogens is 2. The van der Waals surface area contributed by atoms with Crippen LogP contribution in [0.4, 0.5) is 0 Å². The van der Waals surface area contributed by atoms with E-state index in [1.165, 1.54) is 24.6 Å². The Labute approximate surface area is 138 Å². The fourth-order valence-corrected chi connectivity index (χ4v) is 4.54. The van der Waals surface area contributed by atoms with Crippen LogP contribution in [0.3, 0.4) is 0 Å². The van der Waals surface area contributed by atoms with Gasteiger partial charge in [0, 0.05) is 32.9 Å². The van der Waals surface area contributed by atoms with Crippen molar-refractivity contribution >= 4 is 37.6 Å². The predicted molar refractivity (Wildman–Crippen MR) is 83.1 cm³/mol. The van der Waals surface area contributed by atoms with Crippen molar-refractivity contribution in [3.05, 3.63) is 16.5 Å². The van der Waals surface area contributed by atoms with E-state index < -0.39 is 10.0 Å². The second-order valence-electron chi connectivity index (χ2n) is 4.40. The summed E-state index contributed by atoms with van der Waals surface area (Å²) in [7, 11) is -0.697. The Morgan fingerprint density at radius 1 is 1.43 bits per heavy atom. The first-order valence-corrected chi connectivity index (χ1v) is 8.99. The van der Waals surface area contributed by atoms with E-state index in [4.69, 9.17) is 25.5 Å². The topological polar surface area (TPSA) is 69.0 Å². The van der Waals surface area contributed by atoms with Gasteiger partial charge in [0.05, 0.1) is 19.1 Å². The van der Waals surface area contributed by atoms with Gasteiger partial charge in [-0.15, -0.1) is 11.6 Å². The third-order valence-corrected chi connectivity index (χ3v) is 5.97. The van der Waals surface area contributed by atoms with Gasteiger partial charge in [0.1, 0.15) is 10.7 Å². The van der Waals surface area contributed by atoms with Crippen LogP contribution in [0, 0.1) is 0 Å². The molecule has 1 heterocycles. The molecule has 0 aliphatic rings. The lowest BCUT2D eigenvalue weighted by Crippen LogP contribution is -2.42. The molecule has 1 unspecified atom stereocenters. The van der Waals surface area contributed by atoms with Gasteiger partial charge in [-0.2, -0.15) is 4.31 Å². The first kappa shape index (κ1) is 18.9. The van der Waals surface area contributed by atoms with Crippen LogP contribution in [0.5, 0.6) is 0 Å². The van der Waals surface area contributed by atoms with Gasteiger partial charge in [0.25, 0.3) is 0 Å². The molecule has 9 heteroatoms. The maximum atomic E-state index is 12.8. The summed E-state index contributed by atoms with van der Waals surface area (Å²) in [5.41, 5.74) is 0. The molecule has 1 aromatic rings. The van der Waals surface area contributed by atoms with E-state index in [0.717, 1.165) is 0 Å². The molecule has 0 bridgehead atoms. The molecule has 0 aromatic carbocycles. The van der Waals surface area contributed by atoms with E-state index in [1.807, 2.05) is 0 Å². The normalized spacial score (nSPS) is 13.8. The fourth-order valence-electron chi connectivity index (χ4n) is 1.85. The van der Waals surface area contributed by atoms with Gasteiger partial charge < -0.3 is 13.9 Å². The Balaban J connectivity index is 3.15. The van der Waals surface area contributed by atoms with Gasteiger partial charge in [0.15, 0.2) is 4.67 Å². The Morgan fingerprint density at radius 3 is 2.57 bits per heavy atom. The van der Waals surface area contributed by atoms with Crippen LogP contribution in [0.25, 0.3) is 0 Å². The quantitative estimate of drug-likeness (QED) is 0.591. The van der Waals surface area contributed by atoms with Crippen molar-refractivity contribution < 1.29 is 22.3 Å². The van der Waals surface area contributed by atoms with E-state index in [-0.39, 0.29) is 41.2 Å². The van der Waals surface area contributed by atoms with Crippen molar-refractivity contribution in [3.8, 4) is 0 Å². The van der Waals surface area contributed by atoms with Gasteiger partial charge >= 0.3 is 0 Å². The van der Waals surface area contributed by atoms with Crippen molar-refractivity contribution in [2.45, 2.75) is 23.7 Å². The van der Waals surface area contributed by atoms with Crippen LogP contribution >= 0.6 is 27.5 Å². The summed E-state index contributed by atoms with van der Waals surface area (Å²) in [5.74, 6) is 0.480. The monoisotopic (exact) mass is 403 g/mol. The van der Waals surface area contributed by atoms with Gasteiger partial charge in [-0.05, 0) is 22.9 Å². The van der Waals surface area contributed by atoms with Gasteiger partial charge in [-0.25, -0.2) is 8.42 Å². The van der Waals surface area contributed by atoms with Crippen LogP contribution in [-0.4, -0.2) is 52.7 Å². The van der Waals surface area contributed by atoms with Crippen LogP contribution < -0.4 is 0 Å². The zero-order valence-corrected chi connectivity index (χ0v) is 15.3. The molecule has 0 saturated heterocycles. The van der Waals surface area contributed by atoms with Crippen molar-refractivity contribution in [2.75, 3.05) is 34.0 Å². The molecule has 0 saturated carbocycles. The minimum Gasteiger partial charge on any atom is -0.452 e. The average molecular weight is 405 g/mol. The molecule has 0 spiro atoms. The number of hydrogen-bond acceptors (Lipinski definition) is 5. The van der Waals surface area contributed by atoms with Crippen molar-refractivity contribution in [1.82, 2.24) is 4.31 Å². The molecule has 1 aromatic heterocycles. The number of rotatable bonds is 9. The molecule has 0 aliphatic heterocycles. The molecular formula is C12H19BrClNO5S. The van der Waals surface area contributed by atoms with Crippen LogP contribution in [-0.2, 0) is 25.4 Å². The molecule has 0 amide bonds. The highest BCUT2D eigenvalue weighted by molar-refractivity contribution is 9.10. The summed E-state index contributed by atoms with van der Waals surface area (Å²) in [5, 5.41) is 0. The number of furan rings is 1. The lowest BCUT2D eigenvalue weighted by molar-refractivity contribution is 0.119. The Kier molecular flexibility index (Phi) is 7.66. The Hall–Kier alpha value is -0.120. The zero-order valence-electron chi connectivity index (χ0n) is 12.1. The molecule has 1 rings (SSSR count). The van der Waals surface area contributed by atoms with Crippen molar-refractivity contribution in [2.24, 2.45) is 0 Å². The maximum absolute atomic E-state index is 12.8. The number of nitrogens with zero attached hydrogens (tertiary/aromatic N) is 1. The summed E-state index contributed by atoms with van der Waals surface area (Å²) < 4.78 is 42.3. The zero-order chi connectivity index (χ0) is 16.0. The number of alkyl halides is 1. The van der Waals surface area contributed by atoms with Crippen molar-refractivity contribution in [3.63, 3.8) is 0 Å². The van der Waals surface area contributed by atoms with Gasteiger partial charge in [-0.1, -0.05) is 0 Å². The summed E-state index contributed by atoms with van der Waals surface area (Å²) in [6, 6.07) is 1.09. The number of hydrogen-bond donors (Lipinski definition) is 0. The average Bonchev–Trinajstić information content (AvgIpc) is 2.81. The van der Waals surface area contributed by atoms with E-state index in [1.54, 1.807) is 6.92 Å². The van der Waals surface area contributed by atoms with E-state index in [0.29, 0.717) is 5.76 Å². The SMILES string of the molecule is COCCN(C(C)COC)S(=O)(=O)c1cc(CCl)oc1Br. The number of ether oxygens (including phenoxy) is 2. The van der Waals surface area contributed by atoms with Crippen LogP contribution in [0.1, 0.15) is 12.7 Å². The maximum Gasteiger partial charge on any atom is 0.247 e. The first-order chi connectivity index (χ1) is 9.88. The van der Waals surface area contributed by atoms with E-state index in [9.17, 15) is 8.42 Å². The molecule has 21 heavy (non-hydrogen) atoms. The Bertz CT molecular complexity index is 548. The highest BCUT2D eigenvalue weighted by Gasteiger charge is 2.32. The fraction of sp³-hybridized carbons (Fsp3) is 0.667. The second-order valence-corrected chi connectivity index (χ2v) is 7.24. The first-order valence-electron chi connectivity index (χ1n) is 6.22. The van der Waals surface area contributed by atoms with Crippen molar-refractivity contribution in [1.29, 1.82) is 0 Å². The molecule has 6 nitrogen and oxygen atoms in total. The molecule has 0 radical (unpaired) electrons. The van der Waals surface area contributed by atoms with Crippen LogP contribution in [0.2, 0.25) is 0 Å². The highest BCUT2D eigenvalue weighted by atomic mass is 79.9. The smallest absolute Gasteiger partial charge is 0.247 e. The lowest BCUT2D eigenvalue weighted by atomic mass is 10.3. The molecule has 122 valence electrons.